The smallest absolute Gasteiger partial charge is 0.321 e. The molecular weight excluding hydrogens is 336 g/mol. The van der Waals surface area contributed by atoms with Crippen LogP contribution in [0.25, 0.3) is 0 Å². The second-order valence-corrected chi connectivity index (χ2v) is 6.92. The highest BCUT2D eigenvalue weighted by Crippen LogP contribution is 2.21. The van der Waals surface area contributed by atoms with Crippen molar-refractivity contribution in [2.45, 2.75) is 19.4 Å². The lowest BCUT2D eigenvalue weighted by atomic mass is 9.99. The Bertz CT molecular complexity index is 728. The van der Waals surface area contributed by atoms with Crippen molar-refractivity contribution in [1.82, 2.24) is 4.90 Å². The van der Waals surface area contributed by atoms with Crippen molar-refractivity contribution >= 4 is 23.3 Å². The number of anilines is 1. The van der Waals surface area contributed by atoms with Crippen LogP contribution in [0.1, 0.15) is 11.1 Å². The Hall–Kier alpha value is -2.04. The fourth-order valence-electron chi connectivity index (χ4n) is 3.37. The van der Waals surface area contributed by atoms with Crippen LogP contribution >= 0.6 is 11.6 Å². The Morgan fingerprint density at radius 1 is 1.12 bits per heavy atom. The van der Waals surface area contributed by atoms with Gasteiger partial charge in [-0.3, -0.25) is 9.69 Å². The molecule has 1 atom stereocenters. The third-order valence-electron chi connectivity index (χ3n) is 4.89. The first kappa shape index (κ1) is 17.8. The number of benzene rings is 2. The summed E-state index contributed by atoms with van der Waals surface area (Å²) in [5, 5.41) is 10.4. The maximum Gasteiger partial charge on any atom is 0.321 e. The zero-order chi connectivity index (χ0) is 17.8. The van der Waals surface area contributed by atoms with E-state index in [1.807, 2.05) is 43.3 Å². The van der Waals surface area contributed by atoms with E-state index in [0.29, 0.717) is 11.4 Å². The van der Waals surface area contributed by atoms with Gasteiger partial charge in [-0.05, 0) is 48.7 Å². The molecule has 3 rings (SSSR count). The minimum Gasteiger partial charge on any atom is -0.480 e. The minimum absolute atomic E-state index is 0.479. The first-order valence-corrected chi connectivity index (χ1v) is 8.94. The topological polar surface area (TPSA) is 43.8 Å². The van der Waals surface area contributed by atoms with E-state index < -0.39 is 12.0 Å². The second-order valence-electron chi connectivity index (χ2n) is 6.49. The van der Waals surface area contributed by atoms with Crippen molar-refractivity contribution in [3.05, 3.63) is 64.7 Å². The maximum absolute atomic E-state index is 11.9. The van der Waals surface area contributed by atoms with Gasteiger partial charge >= 0.3 is 5.97 Å². The van der Waals surface area contributed by atoms with Crippen LogP contribution in [0.15, 0.2) is 48.5 Å². The Kier molecular flexibility index (Phi) is 5.61. The molecule has 132 valence electrons. The summed E-state index contributed by atoms with van der Waals surface area (Å²) in [4.78, 5) is 16.2. The predicted molar refractivity (Wildman–Crippen MR) is 102 cm³/mol. The van der Waals surface area contributed by atoms with Crippen LogP contribution < -0.4 is 4.90 Å². The molecule has 0 radical (unpaired) electrons. The van der Waals surface area contributed by atoms with Gasteiger partial charge in [-0.1, -0.05) is 35.9 Å². The van der Waals surface area contributed by atoms with Crippen LogP contribution in [-0.2, 0) is 11.2 Å². The number of para-hydroxylation sites is 1. The molecule has 0 amide bonds. The first-order valence-electron chi connectivity index (χ1n) is 8.56. The Balaban J connectivity index is 1.68. The fraction of sp³-hybridized carbons (Fsp3) is 0.350. The number of halogens is 1. The molecule has 1 heterocycles. The number of hydrogen-bond acceptors (Lipinski definition) is 3. The molecule has 2 aromatic carbocycles. The van der Waals surface area contributed by atoms with E-state index in [2.05, 4.69) is 21.9 Å². The zero-order valence-corrected chi connectivity index (χ0v) is 15.1. The molecule has 0 aromatic heterocycles. The van der Waals surface area contributed by atoms with Gasteiger partial charge in [-0.15, -0.1) is 0 Å². The zero-order valence-electron chi connectivity index (χ0n) is 14.4. The average molecular weight is 359 g/mol. The molecule has 5 heteroatoms. The highest BCUT2D eigenvalue weighted by Gasteiger charge is 2.29. The van der Waals surface area contributed by atoms with E-state index >= 15 is 0 Å². The number of aliphatic carboxylic acids is 1. The predicted octanol–water partition coefficient (Wildman–Crippen LogP) is 3.47. The van der Waals surface area contributed by atoms with Gasteiger partial charge in [0.1, 0.15) is 6.04 Å². The molecule has 1 aliphatic heterocycles. The van der Waals surface area contributed by atoms with E-state index in [4.69, 9.17) is 11.6 Å². The molecule has 1 saturated heterocycles. The maximum atomic E-state index is 11.9. The van der Waals surface area contributed by atoms with Crippen molar-refractivity contribution in [2.75, 3.05) is 31.1 Å². The number of carbonyl (C=O) groups is 1. The molecule has 0 saturated carbocycles. The molecule has 4 nitrogen and oxygen atoms in total. The molecular formula is C20H23ClN2O2. The summed E-state index contributed by atoms with van der Waals surface area (Å²) in [6.45, 7) is 5.15. The van der Waals surface area contributed by atoms with Gasteiger partial charge in [-0.2, -0.15) is 0 Å². The molecule has 25 heavy (non-hydrogen) atoms. The monoisotopic (exact) mass is 358 g/mol. The molecule has 2 aromatic rings. The third-order valence-corrected chi connectivity index (χ3v) is 5.12. The van der Waals surface area contributed by atoms with E-state index in [-0.39, 0.29) is 0 Å². The summed E-state index contributed by atoms with van der Waals surface area (Å²) in [6, 6.07) is 15.4. The molecule has 1 fully saturated rings. The van der Waals surface area contributed by atoms with E-state index in [1.54, 1.807) is 0 Å². The summed E-state index contributed by atoms with van der Waals surface area (Å²) in [7, 11) is 0. The lowest BCUT2D eigenvalue weighted by Crippen LogP contribution is -2.53. The number of piperazine rings is 1. The molecule has 1 aliphatic rings. The Morgan fingerprint density at radius 2 is 1.80 bits per heavy atom. The molecule has 1 N–H and O–H groups in total. The van der Waals surface area contributed by atoms with Gasteiger partial charge in [0.05, 0.1) is 0 Å². The number of carboxylic acid groups (broad SMARTS) is 1. The number of carboxylic acids is 1. The van der Waals surface area contributed by atoms with Crippen LogP contribution in [0.2, 0.25) is 5.02 Å². The normalized spacial score (nSPS) is 16.6. The first-order chi connectivity index (χ1) is 12.0. The second kappa shape index (κ2) is 7.89. The van der Waals surface area contributed by atoms with Gasteiger partial charge in [0, 0.05) is 36.9 Å². The molecule has 0 aliphatic carbocycles. The highest BCUT2D eigenvalue weighted by molar-refractivity contribution is 6.30. The average Bonchev–Trinajstić information content (AvgIpc) is 2.63. The largest absolute Gasteiger partial charge is 0.480 e. The van der Waals surface area contributed by atoms with Crippen molar-refractivity contribution < 1.29 is 9.90 Å². The quantitative estimate of drug-likeness (QED) is 0.888. The van der Waals surface area contributed by atoms with Crippen LogP contribution in [0.3, 0.4) is 0 Å². The van der Waals surface area contributed by atoms with Gasteiger partial charge < -0.3 is 10.0 Å². The van der Waals surface area contributed by atoms with Crippen molar-refractivity contribution in [3.8, 4) is 0 Å². The lowest BCUT2D eigenvalue weighted by molar-refractivity contribution is -0.143. The summed E-state index contributed by atoms with van der Waals surface area (Å²) in [6.07, 6.45) is 0.479. The number of hydrogen-bond donors (Lipinski definition) is 1. The van der Waals surface area contributed by atoms with Crippen LogP contribution in [0, 0.1) is 6.92 Å². The number of nitrogens with zero attached hydrogens (tertiary/aromatic N) is 2. The molecule has 0 unspecified atom stereocenters. The Morgan fingerprint density at radius 3 is 2.44 bits per heavy atom. The fourth-order valence-corrected chi connectivity index (χ4v) is 3.57. The molecule has 0 bridgehead atoms. The van der Waals surface area contributed by atoms with Crippen molar-refractivity contribution in [1.29, 1.82) is 0 Å². The van der Waals surface area contributed by atoms with Crippen LogP contribution in [0.5, 0.6) is 0 Å². The lowest BCUT2D eigenvalue weighted by Gasteiger charge is -2.39. The number of rotatable bonds is 5. The standard InChI is InChI=1S/C20H23ClN2O2/c1-15-7-8-17(21)13-16(15)14-19(20(24)25)23-11-9-22(10-12-23)18-5-3-2-4-6-18/h2-8,13,19H,9-12,14H2,1H3,(H,24,25)/t19-/m1/s1. The summed E-state index contributed by atoms with van der Waals surface area (Å²) >= 11 is 6.08. The highest BCUT2D eigenvalue weighted by atomic mass is 35.5. The van der Waals surface area contributed by atoms with E-state index in [0.717, 1.165) is 37.3 Å². The van der Waals surface area contributed by atoms with Crippen LogP contribution in [0.4, 0.5) is 5.69 Å². The number of aryl methyl sites for hydroxylation is 1. The van der Waals surface area contributed by atoms with Gasteiger partial charge in [0.25, 0.3) is 0 Å². The van der Waals surface area contributed by atoms with E-state index in [1.165, 1.54) is 5.69 Å². The van der Waals surface area contributed by atoms with Gasteiger partial charge in [0.2, 0.25) is 0 Å². The van der Waals surface area contributed by atoms with Crippen LogP contribution in [-0.4, -0.2) is 48.2 Å². The Labute approximate surface area is 153 Å². The van der Waals surface area contributed by atoms with E-state index in [9.17, 15) is 9.90 Å². The van der Waals surface area contributed by atoms with Crippen molar-refractivity contribution in [2.24, 2.45) is 0 Å². The minimum atomic E-state index is -0.771. The van der Waals surface area contributed by atoms with Crippen molar-refractivity contribution in [3.63, 3.8) is 0 Å². The SMILES string of the molecule is Cc1ccc(Cl)cc1C[C@H](C(=O)O)N1CCN(c2ccccc2)CC1. The van der Waals surface area contributed by atoms with Gasteiger partial charge in [0.15, 0.2) is 0 Å². The summed E-state index contributed by atoms with van der Waals surface area (Å²) in [5.41, 5.74) is 3.28. The molecule has 0 spiro atoms. The summed E-state index contributed by atoms with van der Waals surface area (Å²) < 4.78 is 0. The third kappa shape index (κ3) is 4.33. The van der Waals surface area contributed by atoms with Gasteiger partial charge in [-0.25, -0.2) is 0 Å². The summed E-state index contributed by atoms with van der Waals surface area (Å²) in [5.74, 6) is -0.771.